The summed E-state index contributed by atoms with van der Waals surface area (Å²) in [6.45, 7) is 1.27. The number of ether oxygens (including phenoxy) is 1. The number of aliphatic carboxylic acids is 1. The van der Waals surface area contributed by atoms with E-state index < -0.39 is 5.97 Å². The minimum absolute atomic E-state index is 0.00674. The molecule has 5 nitrogen and oxygen atoms in total. The van der Waals surface area contributed by atoms with Crippen LogP contribution in [0.4, 0.5) is 0 Å². The quantitative estimate of drug-likeness (QED) is 0.920. The maximum atomic E-state index is 12.7. The second kappa shape index (κ2) is 5.97. The van der Waals surface area contributed by atoms with E-state index in [1.165, 1.54) is 0 Å². The SMILES string of the molecule is O=C(O)CC1CSCCN1C(=O)c1ccc2c(c1)CCO2. The highest BCUT2D eigenvalue weighted by atomic mass is 32.2. The van der Waals surface area contributed by atoms with Gasteiger partial charge in [0.1, 0.15) is 5.75 Å². The van der Waals surface area contributed by atoms with Gasteiger partial charge in [-0.3, -0.25) is 9.59 Å². The van der Waals surface area contributed by atoms with E-state index >= 15 is 0 Å². The molecule has 2 aliphatic rings. The van der Waals surface area contributed by atoms with Crippen molar-refractivity contribution in [1.29, 1.82) is 0 Å². The molecule has 1 unspecified atom stereocenters. The van der Waals surface area contributed by atoms with Crippen LogP contribution < -0.4 is 4.74 Å². The molecule has 1 atom stereocenters. The lowest BCUT2D eigenvalue weighted by atomic mass is 10.1. The van der Waals surface area contributed by atoms with Crippen LogP contribution in [-0.4, -0.2) is 52.6 Å². The Hall–Kier alpha value is -1.69. The summed E-state index contributed by atoms with van der Waals surface area (Å²) in [5.74, 6) is 1.46. The number of fused-ring (bicyclic) bond motifs is 1. The van der Waals surface area contributed by atoms with Crippen molar-refractivity contribution in [2.24, 2.45) is 0 Å². The fourth-order valence-corrected chi connectivity index (χ4v) is 3.84. The molecule has 0 radical (unpaired) electrons. The molecule has 1 amide bonds. The summed E-state index contributed by atoms with van der Waals surface area (Å²) in [7, 11) is 0. The van der Waals surface area contributed by atoms with Crippen LogP contribution in [0.3, 0.4) is 0 Å². The number of carbonyl (C=O) groups is 2. The summed E-state index contributed by atoms with van der Waals surface area (Å²) < 4.78 is 5.45. The molecule has 3 rings (SSSR count). The number of amides is 1. The van der Waals surface area contributed by atoms with E-state index in [-0.39, 0.29) is 18.4 Å². The smallest absolute Gasteiger partial charge is 0.305 e. The molecule has 0 spiro atoms. The Morgan fingerprint density at radius 3 is 3.10 bits per heavy atom. The Morgan fingerprint density at radius 2 is 2.29 bits per heavy atom. The molecule has 21 heavy (non-hydrogen) atoms. The van der Waals surface area contributed by atoms with Gasteiger partial charge in [0.25, 0.3) is 5.91 Å². The van der Waals surface area contributed by atoms with Crippen molar-refractivity contribution in [2.45, 2.75) is 18.9 Å². The zero-order chi connectivity index (χ0) is 14.8. The van der Waals surface area contributed by atoms with Crippen molar-refractivity contribution in [3.63, 3.8) is 0 Å². The third-order valence-electron chi connectivity index (χ3n) is 3.84. The maximum Gasteiger partial charge on any atom is 0.305 e. The average Bonchev–Trinajstić information content (AvgIpc) is 2.94. The number of benzene rings is 1. The molecule has 0 aromatic heterocycles. The summed E-state index contributed by atoms with van der Waals surface area (Å²) in [6.07, 6.45) is 0.831. The highest BCUT2D eigenvalue weighted by Crippen LogP contribution is 2.28. The van der Waals surface area contributed by atoms with Crippen LogP contribution in [0.5, 0.6) is 5.75 Å². The van der Waals surface area contributed by atoms with E-state index in [0.717, 1.165) is 23.5 Å². The Labute approximate surface area is 127 Å². The number of rotatable bonds is 3. The van der Waals surface area contributed by atoms with Crippen molar-refractivity contribution in [1.82, 2.24) is 4.90 Å². The maximum absolute atomic E-state index is 12.7. The first kappa shape index (κ1) is 14.3. The van der Waals surface area contributed by atoms with Gasteiger partial charge in [0.05, 0.1) is 19.1 Å². The molecule has 1 aromatic carbocycles. The first-order chi connectivity index (χ1) is 10.1. The number of nitrogens with zero attached hydrogens (tertiary/aromatic N) is 1. The van der Waals surface area contributed by atoms with Crippen LogP contribution in [0.1, 0.15) is 22.3 Å². The topological polar surface area (TPSA) is 66.8 Å². The largest absolute Gasteiger partial charge is 0.493 e. The lowest BCUT2D eigenvalue weighted by molar-refractivity contribution is -0.138. The van der Waals surface area contributed by atoms with Crippen LogP contribution in [-0.2, 0) is 11.2 Å². The number of hydrogen-bond acceptors (Lipinski definition) is 4. The summed E-state index contributed by atoms with van der Waals surface area (Å²) in [4.78, 5) is 25.3. The Bertz CT molecular complexity index is 575. The third kappa shape index (κ3) is 3.00. The van der Waals surface area contributed by atoms with Gasteiger partial charge in [0, 0.05) is 30.0 Å². The van der Waals surface area contributed by atoms with Crippen molar-refractivity contribution < 1.29 is 19.4 Å². The normalized spacial score (nSPS) is 20.8. The first-order valence-corrected chi connectivity index (χ1v) is 8.17. The van der Waals surface area contributed by atoms with Gasteiger partial charge in [-0.15, -0.1) is 0 Å². The molecule has 0 bridgehead atoms. The van der Waals surface area contributed by atoms with E-state index in [1.54, 1.807) is 22.7 Å². The molecule has 2 heterocycles. The van der Waals surface area contributed by atoms with Gasteiger partial charge in [0.15, 0.2) is 0 Å². The fourth-order valence-electron chi connectivity index (χ4n) is 2.78. The predicted molar refractivity (Wildman–Crippen MR) is 80.0 cm³/mol. The van der Waals surface area contributed by atoms with E-state index in [2.05, 4.69) is 0 Å². The Morgan fingerprint density at radius 1 is 1.43 bits per heavy atom. The van der Waals surface area contributed by atoms with Gasteiger partial charge in [-0.05, 0) is 23.8 Å². The van der Waals surface area contributed by atoms with Gasteiger partial charge in [-0.2, -0.15) is 11.8 Å². The number of carboxylic acid groups (broad SMARTS) is 1. The zero-order valence-electron chi connectivity index (χ0n) is 11.6. The molecular weight excluding hydrogens is 290 g/mol. The monoisotopic (exact) mass is 307 g/mol. The molecule has 112 valence electrons. The van der Waals surface area contributed by atoms with E-state index in [0.29, 0.717) is 24.5 Å². The first-order valence-electron chi connectivity index (χ1n) is 7.01. The van der Waals surface area contributed by atoms with Crippen molar-refractivity contribution in [2.75, 3.05) is 24.7 Å². The van der Waals surface area contributed by atoms with Crippen LogP contribution in [0.25, 0.3) is 0 Å². The molecular formula is C15H17NO4S. The number of carboxylic acids is 1. The summed E-state index contributed by atoms with van der Waals surface area (Å²) in [5.41, 5.74) is 1.68. The highest BCUT2D eigenvalue weighted by molar-refractivity contribution is 7.99. The van der Waals surface area contributed by atoms with Crippen LogP contribution in [0, 0.1) is 0 Å². The molecule has 1 N–H and O–H groups in total. The minimum atomic E-state index is -0.859. The number of thioether (sulfide) groups is 1. The Kier molecular flexibility index (Phi) is 4.05. The molecule has 1 aromatic rings. The number of hydrogen-bond donors (Lipinski definition) is 1. The van der Waals surface area contributed by atoms with Crippen molar-refractivity contribution >= 4 is 23.6 Å². The molecule has 1 fully saturated rings. The van der Waals surface area contributed by atoms with Gasteiger partial charge in [-0.1, -0.05) is 0 Å². The lowest BCUT2D eigenvalue weighted by Crippen LogP contribution is -2.47. The summed E-state index contributed by atoms with van der Waals surface area (Å²) in [6, 6.07) is 5.26. The highest BCUT2D eigenvalue weighted by Gasteiger charge is 2.30. The van der Waals surface area contributed by atoms with Crippen LogP contribution in [0.2, 0.25) is 0 Å². The van der Waals surface area contributed by atoms with Crippen molar-refractivity contribution in [3.05, 3.63) is 29.3 Å². The van der Waals surface area contributed by atoms with E-state index in [1.807, 2.05) is 12.1 Å². The lowest BCUT2D eigenvalue weighted by Gasteiger charge is -2.34. The van der Waals surface area contributed by atoms with Gasteiger partial charge in [-0.25, -0.2) is 0 Å². The molecule has 0 saturated carbocycles. The van der Waals surface area contributed by atoms with Gasteiger partial charge >= 0.3 is 5.97 Å². The molecule has 6 heteroatoms. The fraction of sp³-hybridized carbons (Fsp3) is 0.467. The van der Waals surface area contributed by atoms with Crippen molar-refractivity contribution in [3.8, 4) is 5.75 Å². The standard InChI is InChI=1S/C15H17NO4S/c17-14(18)8-12-9-21-6-4-16(12)15(19)11-1-2-13-10(7-11)3-5-20-13/h1-2,7,12H,3-6,8-9H2,(H,17,18). The predicted octanol–water partition coefficient (Wildman–Crippen LogP) is 1.65. The molecule has 1 saturated heterocycles. The summed E-state index contributed by atoms with van der Waals surface area (Å²) in [5, 5.41) is 9.00. The number of carbonyl (C=O) groups excluding carboxylic acids is 1. The molecule has 2 aliphatic heterocycles. The minimum Gasteiger partial charge on any atom is -0.493 e. The van der Waals surface area contributed by atoms with E-state index in [9.17, 15) is 9.59 Å². The average molecular weight is 307 g/mol. The second-order valence-electron chi connectivity index (χ2n) is 5.25. The third-order valence-corrected chi connectivity index (χ3v) is 4.93. The van der Waals surface area contributed by atoms with Crippen LogP contribution >= 0.6 is 11.8 Å². The van der Waals surface area contributed by atoms with Crippen LogP contribution in [0.15, 0.2) is 18.2 Å². The summed E-state index contributed by atoms with van der Waals surface area (Å²) >= 11 is 1.70. The van der Waals surface area contributed by atoms with Gasteiger partial charge in [0.2, 0.25) is 0 Å². The second-order valence-corrected chi connectivity index (χ2v) is 6.40. The zero-order valence-corrected chi connectivity index (χ0v) is 12.4. The molecule has 0 aliphatic carbocycles. The van der Waals surface area contributed by atoms with Gasteiger partial charge < -0.3 is 14.7 Å². The van der Waals surface area contributed by atoms with E-state index in [4.69, 9.17) is 9.84 Å². The Balaban J connectivity index is 1.80.